The Hall–Kier alpha value is 0.920. The second-order valence-electron chi connectivity index (χ2n) is 9.91. The van der Waals surface area contributed by atoms with Crippen LogP contribution in [0.15, 0.2) is 0 Å². The third-order valence-corrected chi connectivity index (χ3v) is 10.9. The van der Waals surface area contributed by atoms with E-state index in [1.165, 1.54) is 153 Å². The van der Waals surface area contributed by atoms with Gasteiger partial charge in [-0.15, -0.1) is 0 Å². The average molecular weight is 523 g/mol. The number of rotatable bonds is 28. The Morgan fingerprint density at radius 1 is 0.515 bits per heavy atom. The summed E-state index contributed by atoms with van der Waals surface area (Å²) in [5.74, 6) is 0.948. The number of hydrogen-bond donors (Lipinski definition) is 1. The van der Waals surface area contributed by atoms with Crippen LogP contribution >= 0.6 is 17.1 Å². The van der Waals surface area contributed by atoms with Crippen molar-refractivity contribution in [2.45, 2.75) is 168 Å². The lowest BCUT2D eigenvalue weighted by Crippen LogP contribution is -1.92. The molecule has 0 heterocycles. The molecule has 1 atom stereocenters. The van der Waals surface area contributed by atoms with Crippen LogP contribution in [0.4, 0.5) is 0 Å². The van der Waals surface area contributed by atoms with Gasteiger partial charge in [0, 0.05) is 5.75 Å². The first-order chi connectivity index (χ1) is 16.1. The molecule has 0 saturated carbocycles. The fraction of sp³-hybridized carbons (Fsp3) is 1.00. The molecule has 0 aromatic carbocycles. The molecule has 200 valence electrons. The molecule has 1 N–H and O–H groups in total. The Kier molecular flexibility index (Phi) is 28.3. The zero-order valence-electron chi connectivity index (χ0n) is 22.5. The molecule has 0 aliphatic rings. The summed E-state index contributed by atoms with van der Waals surface area (Å²) in [7, 11) is 0. The van der Waals surface area contributed by atoms with Crippen LogP contribution in [0.2, 0.25) is 0 Å². The van der Waals surface area contributed by atoms with E-state index >= 15 is 0 Å². The van der Waals surface area contributed by atoms with Gasteiger partial charge in [0.15, 0.2) is 0 Å². The predicted octanol–water partition coefficient (Wildman–Crippen LogP) is 11.4. The van der Waals surface area contributed by atoms with Crippen molar-refractivity contribution in [1.82, 2.24) is 0 Å². The third-order valence-electron chi connectivity index (χ3n) is 6.50. The van der Waals surface area contributed by atoms with E-state index in [9.17, 15) is 4.89 Å². The van der Waals surface area contributed by atoms with E-state index in [1.54, 1.807) is 0 Å². The highest BCUT2D eigenvalue weighted by atomic mass is 32.9. The Labute approximate surface area is 218 Å². The molecule has 0 bridgehead atoms. The highest BCUT2D eigenvalue weighted by Crippen LogP contribution is 2.56. The Balaban J connectivity index is 3.29. The summed E-state index contributed by atoms with van der Waals surface area (Å²) < 4.78 is 5.67. The molecular formula is C28H59O2PS2. The second-order valence-corrected chi connectivity index (χ2v) is 16.2. The molecule has 0 aliphatic heterocycles. The van der Waals surface area contributed by atoms with E-state index in [0.717, 1.165) is 18.6 Å². The van der Waals surface area contributed by atoms with Crippen LogP contribution < -0.4 is 0 Å². The molecule has 2 nitrogen and oxygen atoms in total. The molecule has 0 aliphatic carbocycles. The minimum atomic E-state index is -2.61. The molecule has 5 heteroatoms. The van der Waals surface area contributed by atoms with Crippen LogP contribution in [0.3, 0.4) is 0 Å². The lowest BCUT2D eigenvalue weighted by Gasteiger charge is -2.14. The van der Waals surface area contributed by atoms with Crippen molar-refractivity contribution in [1.29, 1.82) is 0 Å². The maximum absolute atomic E-state index is 10.3. The normalized spacial score (nSPS) is 13.4. The van der Waals surface area contributed by atoms with Gasteiger partial charge in [-0.05, 0) is 24.6 Å². The van der Waals surface area contributed by atoms with Crippen molar-refractivity contribution in [2.24, 2.45) is 0 Å². The minimum Gasteiger partial charge on any atom is -0.337 e. The van der Waals surface area contributed by atoms with Crippen molar-refractivity contribution in [3.8, 4) is 0 Å². The molecule has 0 spiro atoms. The summed E-state index contributed by atoms with van der Waals surface area (Å²) in [5.41, 5.74) is -2.61. The van der Waals surface area contributed by atoms with Gasteiger partial charge in [-0.3, -0.25) is 0 Å². The molecule has 1 unspecified atom stereocenters. The molecule has 0 aromatic heterocycles. The van der Waals surface area contributed by atoms with Crippen molar-refractivity contribution in [3.63, 3.8) is 0 Å². The van der Waals surface area contributed by atoms with Gasteiger partial charge in [-0.1, -0.05) is 166 Å². The van der Waals surface area contributed by atoms with E-state index in [2.05, 4.69) is 13.8 Å². The van der Waals surface area contributed by atoms with Crippen LogP contribution in [-0.2, 0) is 16.3 Å². The molecule has 0 rings (SSSR count). The molecule has 0 fully saturated rings. The van der Waals surface area contributed by atoms with Crippen LogP contribution in [0.5, 0.6) is 0 Å². The van der Waals surface area contributed by atoms with Gasteiger partial charge >= 0.3 is 0 Å². The van der Waals surface area contributed by atoms with Gasteiger partial charge in [0.2, 0.25) is 5.69 Å². The Morgan fingerprint density at radius 3 is 1.18 bits per heavy atom. The quantitative estimate of drug-likeness (QED) is 0.0817. The number of hydrogen-bond acceptors (Lipinski definition) is 3. The van der Waals surface area contributed by atoms with Gasteiger partial charge in [-0.2, -0.15) is 0 Å². The van der Waals surface area contributed by atoms with Crippen LogP contribution in [0.25, 0.3) is 0 Å². The highest BCUT2D eigenvalue weighted by molar-refractivity contribution is 8.67. The first kappa shape index (κ1) is 33.9. The zero-order valence-corrected chi connectivity index (χ0v) is 25.0. The molecule has 0 saturated heterocycles. The maximum Gasteiger partial charge on any atom is 0.244 e. The summed E-state index contributed by atoms with van der Waals surface area (Å²) in [6.45, 7) is 5.20. The van der Waals surface area contributed by atoms with E-state index in [-0.39, 0.29) is 0 Å². The zero-order chi connectivity index (χ0) is 24.3. The van der Waals surface area contributed by atoms with Crippen LogP contribution in [0.1, 0.15) is 168 Å². The van der Waals surface area contributed by atoms with E-state index in [0.29, 0.717) is 6.61 Å². The van der Waals surface area contributed by atoms with Crippen molar-refractivity contribution in [3.05, 3.63) is 0 Å². The predicted molar refractivity (Wildman–Crippen MR) is 157 cm³/mol. The summed E-state index contributed by atoms with van der Waals surface area (Å²) >= 11 is 6.83. The second kappa shape index (κ2) is 27.5. The van der Waals surface area contributed by atoms with Crippen molar-refractivity contribution < 1.29 is 9.42 Å². The largest absolute Gasteiger partial charge is 0.337 e. The lowest BCUT2D eigenvalue weighted by molar-refractivity contribution is 0.307. The summed E-state index contributed by atoms with van der Waals surface area (Å²) in [4.78, 5) is 10.3. The Bertz CT molecular complexity index is 387. The molecule has 0 amide bonds. The summed E-state index contributed by atoms with van der Waals surface area (Å²) in [5, 5.41) is 0. The van der Waals surface area contributed by atoms with Gasteiger partial charge < -0.3 is 9.42 Å². The van der Waals surface area contributed by atoms with E-state index in [4.69, 9.17) is 16.3 Å². The topological polar surface area (TPSA) is 29.5 Å². The average Bonchev–Trinajstić information content (AvgIpc) is 2.80. The van der Waals surface area contributed by atoms with Crippen molar-refractivity contribution >= 4 is 28.9 Å². The number of unbranched alkanes of at least 4 members (excludes halogenated alkanes) is 22. The fourth-order valence-electron chi connectivity index (χ4n) is 4.28. The molecular weight excluding hydrogens is 463 g/mol. The third kappa shape index (κ3) is 29.0. The molecule has 33 heavy (non-hydrogen) atoms. The summed E-state index contributed by atoms with van der Waals surface area (Å²) in [6, 6.07) is 0. The van der Waals surface area contributed by atoms with Gasteiger partial charge in [-0.25, -0.2) is 0 Å². The molecule has 0 aromatic rings. The first-order valence-corrected chi connectivity index (χ1v) is 19.0. The molecule has 0 radical (unpaired) electrons. The highest BCUT2D eigenvalue weighted by Gasteiger charge is 2.13. The fourth-order valence-corrected chi connectivity index (χ4v) is 7.70. The van der Waals surface area contributed by atoms with Gasteiger partial charge in [0.25, 0.3) is 0 Å². The summed E-state index contributed by atoms with van der Waals surface area (Å²) in [6.07, 6.45) is 32.4. The van der Waals surface area contributed by atoms with Crippen LogP contribution in [0, 0.1) is 0 Å². The smallest absolute Gasteiger partial charge is 0.244 e. The van der Waals surface area contributed by atoms with Gasteiger partial charge in [0.05, 0.1) is 6.61 Å². The van der Waals surface area contributed by atoms with E-state index in [1.807, 2.05) is 0 Å². The lowest BCUT2D eigenvalue weighted by atomic mass is 10.1. The SMILES string of the molecule is CCCCCCCCCCCCCCOP(O)(=S)SCCCCCCCCCCCCCC. The maximum atomic E-state index is 10.3. The standard InChI is InChI=1S/C28H59O2PS2/c1-3-5-7-9-11-13-15-17-19-21-23-25-27-30-31(29,32)33-28-26-24-22-20-18-16-14-12-10-8-6-4-2/h3-28H2,1-2H3,(H,29,32). The van der Waals surface area contributed by atoms with Crippen LogP contribution in [-0.4, -0.2) is 17.3 Å². The minimum absolute atomic E-state index is 0.636. The monoisotopic (exact) mass is 522 g/mol. The first-order valence-electron chi connectivity index (χ1n) is 14.7. The van der Waals surface area contributed by atoms with Crippen molar-refractivity contribution in [2.75, 3.05) is 12.4 Å². The van der Waals surface area contributed by atoms with Gasteiger partial charge in [0.1, 0.15) is 0 Å². The van der Waals surface area contributed by atoms with E-state index < -0.39 is 5.69 Å². The Morgan fingerprint density at radius 2 is 0.818 bits per heavy atom.